The number of hydrogen-bond acceptors (Lipinski definition) is 2. The topological polar surface area (TPSA) is 55.1 Å². The van der Waals surface area contributed by atoms with Crippen molar-refractivity contribution in [3.05, 3.63) is 29.6 Å². The maximum atomic E-state index is 13.0. The normalized spacial score (nSPS) is 17.4. The van der Waals surface area contributed by atoms with E-state index in [4.69, 9.17) is 5.73 Å². The molecule has 17 heavy (non-hydrogen) atoms. The standard InChI is InChI=1S/C13H17FN2O/c1-9-7-10(3-4-11(9)14)16-12(17)8-13(15)5-2-6-13/h3-4,7H,2,5-6,8,15H2,1H3,(H,16,17). The zero-order valence-electron chi connectivity index (χ0n) is 9.92. The van der Waals surface area contributed by atoms with Crippen LogP contribution in [0.3, 0.4) is 0 Å². The van der Waals surface area contributed by atoms with Gasteiger partial charge in [0.25, 0.3) is 0 Å². The molecule has 0 saturated heterocycles. The largest absolute Gasteiger partial charge is 0.326 e. The minimum Gasteiger partial charge on any atom is -0.326 e. The number of halogens is 1. The molecule has 92 valence electrons. The summed E-state index contributed by atoms with van der Waals surface area (Å²) in [6.07, 6.45) is 3.24. The van der Waals surface area contributed by atoms with Crippen molar-refractivity contribution >= 4 is 11.6 Å². The number of rotatable bonds is 3. The van der Waals surface area contributed by atoms with Crippen LogP contribution in [0.4, 0.5) is 10.1 Å². The monoisotopic (exact) mass is 236 g/mol. The molecule has 0 aromatic heterocycles. The van der Waals surface area contributed by atoms with E-state index in [1.165, 1.54) is 6.07 Å². The Hall–Kier alpha value is -1.42. The number of nitrogens with two attached hydrogens (primary N) is 1. The van der Waals surface area contributed by atoms with Gasteiger partial charge in [0.05, 0.1) is 0 Å². The van der Waals surface area contributed by atoms with Gasteiger partial charge in [0.2, 0.25) is 5.91 Å². The summed E-state index contributed by atoms with van der Waals surface area (Å²) in [7, 11) is 0. The zero-order chi connectivity index (χ0) is 12.5. The Bertz CT molecular complexity index is 441. The fourth-order valence-corrected chi connectivity index (χ4v) is 2.06. The van der Waals surface area contributed by atoms with Crippen molar-refractivity contribution in [2.75, 3.05) is 5.32 Å². The third-order valence-electron chi connectivity index (χ3n) is 3.30. The fraction of sp³-hybridized carbons (Fsp3) is 0.462. The predicted octanol–water partition coefficient (Wildman–Crippen LogP) is 2.34. The van der Waals surface area contributed by atoms with Crippen molar-refractivity contribution in [1.29, 1.82) is 0 Å². The van der Waals surface area contributed by atoms with Crippen molar-refractivity contribution in [2.45, 2.75) is 38.1 Å². The molecule has 0 radical (unpaired) electrons. The van der Waals surface area contributed by atoms with Gasteiger partial charge in [0, 0.05) is 17.6 Å². The summed E-state index contributed by atoms with van der Waals surface area (Å²) in [4.78, 5) is 11.7. The highest BCUT2D eigenvalue weighted by molar-refractivity contribution is 5.91. The third kappa shape index (κ3) is 2.82. The molecular weight excluding hydrogens is 219 g/mol. The van der Waals surface area contributed by atoms with E-state index in [-0.39, 0.29) is 17.3 Å². The predicted molar refractivity (Wildman–Crippen MR) is 65.2 cm³/mol. The first-order valence-electron chi connectivity index (χ1n) is 5.83. The summed E-state index contributed by atoms with van der Waals surface area (Å²) < 4.78 is 13.0. The van der Waals surface area contributed by atoms with E-state index >= 15 is 0 Å². The van der Waals surface area contributed by atoms with E-state index in [0.29, 0.717) is 17.7 Å². The first kappa shape index (κ1) is 12.0. The van der Waals surface area contributed by atoms with Crippen LogP contribution in [0.15, 0.2) is 18.2 Å². The molecule has 0 spiro atoms. The lowest BCUT2D eigenvalue weighted by molar-refractivity contribution is -0.118. The highest BCUT2D eigenvalue weighted by Crippen LogP contribution is 2.32. The average Bonchev–Trinajstić information content (AvgIpc) is 2.21. The Morgan fingerprint density at radius 3 is 2.76 bits per heavy atom. The summed E-state index contributed by atoms with van der Waals surface area (Å²) in [6, 6.07) is 4.54. The first-order valence-corrected chi connectivity index (χ1v) is 5.83. The van der Waals surface area contributed by atoms with E-state index < -0.39 is 0 Å². The van der Waals surface area contributed by atoms with E-state index in [9.17, 15) is 9.18 Å². The molecule has 1 fully saturated rings. The lowest BCUT2D eigenvalue weighted by Crippen LogP contribution is -2.48. The molecule has 0 heterocycles. The van der Waals surface area contributed by atoms with E-state index in [2.05, 4.69) is 5.32 Å². The Morgan fingerprint density at radius 1 is 1.53 bits per heavy atom. The lowest BCUT2D eigenvalue weighted by Gasteiger charge is -2.37. The molecule has 0 atom stereocenters. The molecule has 1 amide bonds. The van der Waals surface area contributed by atoms with Crippen molar-refractivity contribution < 1.29 is 9.18 Å². The van der Waals surface area contributed by atoms with Crippen LogP contribution < -0.4 is 11.1 Å². The Morgan fingerprint density at radius 2 is 2.24 bits per heavy atom. The molecule has 1 aliphatic carbocycles. The van der Waals surface area contributed by atoms with Crippen LogP contribution in [0.2, 0.25) is 0 Å². The van der Waals surface area contributed by atoms with E-state index in [1.807, 2.05) is 0 Å². The van der Waals surface area contributed by atoms with Crippen LogP contribution in [0.5, 0.6) is 0 Å². The molecule has 2 rings (SSSR count). The van der Waals surface area contributed by atoms with Gasteiger partial charge in [-0.1, -0.05) is 0 Å². The van der Waals surface area contributed by atoms with Crippen LogP contribution in [0, 0.1) is 12.7 Å². The van der Waals surface area contributed by atoms with Gasteiger partial charge in [-0.05, 0) is 49.9 Å². The van der Waals surface area contributed by atoms with Gasteiger partial charge in [0.15, 0.2) is 0 Å². The van der Waals surface area contributed by atoms with Crippen molar-refractivity contribution in [1.82, 2.24) is 0 Å². The molecule has 0 bridgehead atoms. The number of amides is 1. The van der Waals surface area contributed by atoms with Gasteiger partial charge < -0.3 is 11.1 Å². The number of benzene rings is 1. The first-order chi connectivity index (χ1) is 7.98. The van der Waals surface area contributed by atoms with Gasteiger partial charge in [-0.15, -0.1) is 0 Å². The SMILES string of the molecule is Cc1cc(NC(=O)CC2(N)CCC2)ccc1F. The maximum Gasteiger partial charge on any atom is 0.226 e. The molecule has 3 N–H and O–H groups in total. The third-order valence-corrected chi connectivity index (χ3v) is 3.30. The quantitative estimate of drug-likeness (QED) is 0.846. The van der Waals surface area contributed by atoms with Gasteiger partial charge >= 0.3 is 0 Å². The molecule has 1 aromatic rings. The Balaban J connectivity index is 1.95. The van der Waals surface area contributed by atoms with Gasteiger partial charge in [-0.25, -0.2) is 4.39 Å². The number of anilines is 1. The molecular formula is C13H17FN2O. The molecule has 1 aromatic carbocycles. The number of carbonyl (C=O) groups excluding carboxylic acids is 1. The van der Waals surface area contributed by atoms with Gasteiger partial charge in [-0.3, -0.25) is 4.79 Å². The van der Waals surface area contributed by atoms with Gasteiger partial charge in [-0.2, -0.15) is 0 Å². The summed E-state index contributed by atoms with van der Waals surface area (Å²) in [5.41, 5.74) is 6.81. The number of aryl methyl sites for hydroxylation is 1. The average molecular weight is 236 g/mol. The van der Waals surface area contributed by atoms with Crippen LogP contribution >= 0.6 is 0 Å². The van der Waals surface area contributed by atoms with E-state index in [0.717, 1.165) is 19.3 Å². The van der Waals surface area contributed by atoms with Crippen LogP contribution in [-0.2, 0) is 4.79 Å². The second-order valence-electron chi connectivity index (χ2n) is 4.90. The van der Waals surface area contributed by atoms with Crippen LogP contribution in [0.25, 0.3) is 0 Å². The van der Waals surface area contributed by atoms with Crippen molar-refractivity contribution in [3.63, 3.8) is 0 Å². The highest BCUT2D eigenvalue weighted by Gasteiger charge is 2.34. The van der Waals surface area contributed by atoms with Gasteiger partial charge in [0.1, 0.15) is 5.82 Å². The lowest BCUT2D eigenvalue weighted by atomic mass is 9.75. The summed E-state index contributed by atoms with van der Waals surface area (Å²) in [5, 5.41) is 2.75. The Kier molecular flexibility index (Phi) is 3.15. The number of nitrogens with one attached hydrogen (secondary N) is 1. The maximum absolute atomic E-state index is 13.0. The van der Waals surface area contributed by atoms with Crippen molar-refractivity contribution in [3.8, 4) is 0 Å². The minimum atomic E-state index is -0.320. The summed E-state index contributed by atoms with van der Waals surface area (Å²) in [5.74, 6) is -0.365. The van der Waals surface area contributed by atoms with E-state index in [1.54, 1.807) is 19.1 Å². The molecule has 1 aliphatic rings. The molecule has 3 nitrogen and oxygen atoms in total. The van der Waals surface area contributed by atoms with Crippen molar-refractivity contribution in [2.24, 2.45) is 5.73 Å². The molecule has 1 saturated carbocycles. The zero-order valence-corrected chi connectivity index (χ0v) is 9.92. The summed E-state index contributed by atoms with van der Waals surface area (Å²) >= 11 is 0. The fourth-order valence-electron chi connectivity index (χ4n) is 2.06. The minimum absolute atomic E-state index is 0.0989. The molecule has 4 heteroatoms. The Labute approximate surface area is 100 Å². The highest BCUT2D eigenvalue weighted by atomic mass is 19.1. The molecule has 0 aliphatic heterocycles. The number of carbonyl (C=O) groups is 1. The van der Waals surface area contributed by atoms with Crippen LogP contribution in [0.1, 0.15) is 31.2 Å². The second kappa shape index (κ2) is 4.45. The number of hydrogen-bond donors (Lipinski definition) is 2. The smallest absolute Gasteiger partial charge is 0.226 e. The molecule has 0 unspecified atom stereocenters. The van der Waals surface area contributed by atoms with Crippen LogP contribution in [-0.4, -0.2) is 11.4 Å². The summed E-state index contributed by atoms with van der Waals surface area (Å²) in [6.45, 7) is 1.67. The second-order valence-corrected chi connectivity index (χ2v) is 4.90.